The summed E-state index contributed by atoms with van der Waals surface area (Å²) < 4.78 is 39.0. The Labute approximate surface area is 762 Å². The smallest absolute Gasteiger partial charge is 0.456 e. The molecule has 1 aliphatic heterocycles. The highest BCUT2D eigenvalue weighted by molar-refractivity contribution is 9.10. The SMILES string of the molecule is C.CC#CC#CC#CC.CC1(C)OB(c2cccc3c2oc2cc(-c4ccc5c6ccccc6n(-c6ccccc6)c5c4)ccc23)OC1(C)C.Clc1cccc2c1oc1cc(-c3ccc4c5ccccc5n(-c5ccccc5)c4c3)ccc12.Clc1cccc2c1oc1cc(Br)ccc12.OB(O)c1ccc2c3ccccc3n(-c3ccccc3)c2c1.[CH2-]C#CC#CC#CC. The van der Waals surface area contributed by atoms with E-state index in [-0.39, 0.29) is 7.43 Å². The van der Waals surface area contributed by atoms with Crippen LogP contribution in [0.4, 0.5) is 0 Å². The van der Waals surface area contributed by atoms with Crippen LogP contribution in [-0.4, -0.2) is 49.2 Å². The van der Waals surface area contributed by atoms with Crippen LogP contribution in [-0.2, 0) is 9.31 Å². The van der Waals surface area contributed by atoms with Crippen molar-refractivity contribution in [2.75, 3.05) is 0 Å². The third kappa shape index (κ3) is 17.4. The number of hydrogen-bond acceptors (Lipinski definition) is 7. The highest BCUT2D eigenvalue weighted by atomic mass is 79.9. The van der Waals surface area contributed by atoms with Crippen LogP contribution in [0.25, 0.3) is 171 Å². The molecule has 0 radical (unpaired) electrons. The van der Waals surface area contributed by atoms with Gasteiger partial charge in [0, 0.05) is 91.6 Å². The summed E-state index contributed by atoms with van der Waals surface area (Å²) >= 11 is 15.8. The van der Waals surface area contributed by atoms with Gasteiger partial charge in [-0.25, -0.2) is 5.92 Å². The van der Waals surface area contributed by atoms with Crippen LogP contribution in [0.2, 0.25) is 10.0 Å². The number of halogens is 3. The van der Waals surface area contributed by atoms with E-state index < -0.39 is 25.4 Å². The molecule has 0 bridgehead atoms. The molecule has 7 heterocycles. The minimum absolute atomic E-state index is 0. The van der Waals surface area contributed by atoms with Crippen molar-refractivity contribution in [2.24, 2.45) is 0 Å². The van der Waals surface area contributed by atoms with Crippen LogP contribution in [0.5, 0.6) is 0 Å². The number of nitrogens with zero attached hydrogens (tertiary/aromatic N) is 3. The topological polar surface area (TPSA) is 113 Å². The zero-order chi connectivity index (χ0) is 87.9. The summed E-state index contributed by atoms with van der Waals surface area (Å²) in [7, 11) is -1.95. The van der Waals surface area contributed by atoms with Crippen molar-refractivity contribution in [1.29, 1.82) is 0 Å². The zero-order valence-electron chi connectivity index (χ0n) is 70.4. The minimum Gasteiger partial charge on any atom is -0.456 e. The normalized spacial score (nSPS) is 12.0. The molecule has 0 atom stereocenters. The van der Waals surface area contributed by atoms with E-state index >= 15 is 0 Å². The molecule has 128 heavy (non-hydrogen) atoms. The average molecular weight is 1770 g/mol. The Kier molecular flexibility index (Phi) is 25.8. The fourth-order valence-electron chi connectivity index (χ4n) is 16.2. The zero-order valence-corrected chi connectivity index (χ0v) is 73.5. The molecule has 0 amide bonds. The largest absolute Gasteiger partial charge is 0.498 e. The van der Waals surface area contributed by atoms with Crippen LogP contribution in [0, 0.1) is 78.0 Å². The van der Waals surface area contributed by atoms with E-state index in [1.807, 2.05) is 109 Å². The molecule has 0 saturated carbocycles. The number of furan rings is 3. The molecular formula is C113H83B2BrCl2N3O7-. The van der Waals surface area contributed by atoms with E-state index in [0.717, 1.165) is 137 Å². The number of fused-ring (bicyclic) bond motifs is 18. The van der Waals surface area contributed by atoms with Crippen LogP contribution in [0.1, 0.15) is 55.9 Å². The molecule has 1 fully saturated rings. The molecule has 1 saturated heterocycles. The first kappa shape index (κ1) is 86.9. The van der Waals surface area contributed by atoms with E-state index in [1.54, 1.807) is 26.8 Å². The number of aromatic nitrogens is 3. The maximum absolute atomic E-state index is 9.47. The van der Waals surface area contributed by atoms with Crippen LogP contribution in [0.15, 0.2) is 345 Å². The molecule has 6 aromatic heterocycles. The molecule has 15 heteroatoms. The average Bonchev–Trinajstić information content (AvgIpc) is 1.60. The van der Waals surface area contributed by atoms with E-state index in [9.17, 15) is 10.0 Å². The maximum Gasteiger partial charge on any atom is 0.498 e. The van der Waals surface area contributed by atoms with E-state index in [0.29, 0.717) is 15.5 Å². The van der Waals surface area contributed by atoms with Crippen molar-refractivity contribution in [3.05, 3.63) is 349 Å². The molecule has 0 aliphatic carbocycles. The molecule has 21 aromatic rings. The molecule has 1 aliphatic rings. The molecular weight excluding hydrogens is 1680 g/mol. The van der Waals surface area contributed by atoms with Gasteiger partial charge < -0.3 is 46.3 Å². The van der Waals surface area contributed by atoms with Crippen molar-refractivity contribution in [1.82, 2.24) is 13.7 Å². The van der Waals surface area contributed by atoms with Gasteiger partial charge in [0.05, 0.1) is 54.3 Å². The van der Waals surface area contributed by atoms with E-state index in [2.05, 4.69) is 348 Å². The van der Waals surface area contributed by atoms with Gasteiger partial charge in [-0.15, -0.1) is 5.92 Å². The Hall–Kier alpha value is -14.6. The Morgan fingerprint density at radius 2 is 0.648 bits per heavy atom. The summed E-state index contributed by atoms with van der Waals surface area (Å²) in [6.45, 7) is 16.8. The van der Waals surface area contributed by atoms with Gasteiger partial charge in [0.1, 0.15) is 22.3 Å². The van der Waals surface area contributed by atoms with Crippen LogP contribution >= 0.6 is 39.1 Å². The lowest BCUT2D eigenvalue weighted by Crippen LogP contribution is -2.41. The molecule has 22 rings (SSSR count). The molecule has 0 unspecified atom stereocenters. The lowest BCUT2D eigenvalue weighted by molar-refractivity contribution is 0.00578. The number of benzene rings is 15. The Morgan fingerprint density at radius 3 is 1.05 bits per heavy atom. The van der Waals surface area contributed by atoms with Gasteiger partial charge >= 0.3 is 14.2 Å². The number of para-hydroxylation sites is 9. The lowest BCUT2D eigenvalue weighted by atomic mass is 9.78. The maximum atomic E-state index is 9.47. The van der Waals surface area contributed by atoms with E-state index in [4.69, 9.17) is 45.8 Å². The van der Waals surface area contributed by atoms with Crippen molar-refractivity contribution >= 4 is 196 Å². The summed E-state index contributed by atoms with van der Waals surface area (Å²) in [4.78, 5) is 0. The van der Waals surface area contributed by atoms with Gasteiger partial charge in [-0.3, -0.25) is 5.92 Å². The summed E-state index contributed by atoms with van der Waals surface area (Å²) in [6, 6.07) is 112. The third-order valence-corrected chi connectivity index (χ3v) is 23.9. The van der Waals surface area contributed by atoms with E-state index in [1.165, 1.54) is 43.6 Å². The van der Waals surface area contributed by atoms with Crippen molar-refractivity contribution in [3.63, 3.8) is 0 Å². The van der Waals surface area contributed by atoms with Gasteiger partial charge in [-0.2, -0.15) is 6.92 Å². The van der Waals surface area contributed by atoms with Crippen molar-refractivity contribution in [3.8, 4) is 110 Å². The first-order valence-corrected chi connectivity index (χ1v) is 42.8. The van der Waals surface area contributed by atoms with Gasteiger partial charge in [-0.05, 0) is 239 Å². The number of hydrogen-bond donors (Lipinski definition) is 2. The summed E-state index contributed by atoms with van der Waals surface area (Å²) in [5, 5.41) is 33.9. The lowest BCUT2D eigenvalue weighted by Gasteiger charge is -2.32. The second-order valence-corrected chi connectivity index (χ2v) is 32.7. The minimum atomic E-state index is -1.47. The summed E-state index contributed by atoms with van der Waals surface area (Å²) in [5.74, 6) is 30.5. The highest BCUT2D eigenvalue weighted by Crippen LogP contribution is 2.44. The third-order valence-electron chi connectivity index (χ3n) is 22.8. The van der Waals surface area contributed by atoms with Crippen LogP contribution < -0.4 is 10.9 Å². The quantitative estimate of drug-likeness (QED) is 0.0928. The van der Waals surface area contributed by atoms with Crippen LogP contribution in [0.3, 0.4) is 0 Å². The standard InChI is InChI=1S/C36H30BNO3.C30H18ClNO.C18H14BNO2.C12H6BrClO.C8H6.C8H5.CH4/c1-35(2)36(3,4)41-37(40-35)30-15-10-14-29-28-20-18-24(22-33(28)39-34(29)30)23-17-19-27-26-13-8-9-16-31(26)38(32(27)21-23)25-11-6-5-7-12-25;31-26-11-6-10-25-24-16-14-20(18-29(24)33-30(25)26)19-13-15-23-22-9-4-5-12-27(22)32(28(23)17-19)21-7-2-1-3-8-21;21-19(22)13-10-11-16-15-8-4-5-9-17(15)20(18(16)12-13)14-6-2-1-3-7-14;13-7-4-5-8-9-2-1-3-10(14)12(9)15-11(8)6-7;2*1-3-5-7-8-6-4-2;/h5-22H,1-4H3;1-18H;1-12,21-22H;1-6H;1-2H3;1H2,2H3;1H4/q;;;;;-1;. The van der Waals surface area contributed by atoms with Gasteiger partial charge in [0.2, 0.25) is 0 Å². The first-order valence-electron chi connectivity index (χ1n) is 41.3. The van der Waals surface area contributed by atoms with Gasteiger partial charge in [0.15, 0.2) is 11.2 Å². The molecule has 0 spiro atoms. The fraction of sp³-hybridized carbons (Fsp3) is 0.0885. The summed E-state index contributed by atoms with van der Waals surface area (Å²) in [6.07, 6.45) is 0. The molecule has 15 aromatic carbocycles. The second-order valence-electron chi connectivity index (χ2n) is 31.0. The second kappa shape index (κ2) is 38.1. The Balaban J connectivity index is 0.000000123. The monoisotopic (exact) mass is 1760 g/mol. The molecule has 620 valence electrons. The first-order chi connectivity index (χ1) is 61.9. The van der Waals surface area contributed by atoms with Crippen molar-refractivity contribution in [2.45, 2.75) is 67.1 Å². The van der Waals surface area contributed by atoms with Gasteiger partial charge in [0.25, 0.3) is 0 Å². The summed E-state index contributed by atoms with van der Waals surface area (Å²) in [5.41, 5.74) is 20.2. The van der Waals surface area contributed by atoms with Gasteiger partial charge in [-0.1, -0.05) is 265 Å². The highest BCUT2D eigenvalue weighted by Gasteiger charge is 2.52. The predicted octanol–water partition coefficient (Wildman–Crippen LogP) is 27.6. The molecule has 2 N–H and O–H groups in total. The Morgan fingerprint density at radius 1 is 0.328 bits per heavy atom. The fourth-order valence-corrected chi connectivity index (χ4v) is 17.0. The Bertz CT molecular complexity index is 8120. The van der Waals surface area contributed by atoms with Crippen molar-refractivity contribution < 1.29 is 32.6 Å². The molecule has 10 nitrogen and oxygen atoms in total. The predicted molar refractivity (Wildman–Crippen MR) is 541 cm³/mol. The number of rotatable bonds is 7.